The third-order valence-electron chi connectivity index (χ3n) is 7.91. The first-order chi connectivity index (χ1) is 20.3. The Morgan fingerprint density at radius 2 is 1.76 bits per heavy atom. The number of fused-ring (bicyclic) bond motifs is 2. The van der Waals surface area contributed by atoms with Crippen LogP contribution < -0.4 is 16.0 Å². The average Bonchev–Trinajstić information content (AvgIpc) is 3.56. The second kappa shape index (κ2) is 12.0. The van der Waals surface area contributed by atoms with E-state index in [4.69, 9.17) is 11.6 Å². The van der Waals surface area contributed by atoms with Crippen molar-refractivity contribution in [1.82, 2.24) is 24.8 Å². The van der Waals surface area contributed by atoms with Gasteiger partial charge in [-0.05, 0) is 36.7 Å². The number of thiazole rings is 1. The van der Waals surface area contributed by atoms with E-state index in [9.17, 15) is 9.59 Å². The maximum absolute atomic E-state index is 13.4. The molecule has 218 valence electrons. The van der Waals surface area contributed by atoms with Gasteiger partial charge in [0.2, 0.25) is 0 Å². The third kappa shape index (κ3) is 5.47. The van der Waals surface area contributed by atoms with Gasteiger partial charge in [-0.25, -0.2) is 9.97 Å². The van der Waals surface area contributed by atoms with E-state index in [0.29, 0.717) is 28.1 Å². The fourth-order valence-corrected chi connectivity index (χ4v) is 7.10. The van der Waals surface area contributed by atoms with E-state index in [1.54, 1.807) is 6.07 Å². The maximum Gasteiger partial charge on any atom is 0.291 e. The summed E-state index contributed by atoms with van der Waals surface area (Å²) in [6, 6.07) is 11.5. The lowest BCUT2D eigenvalue weighted by atomic mass is 9.94. The molecule has 11 heteroatoms. The van der Waals surface area contributed by atoms with Crippen LogP contribution in [0, 0.1) is 0 Å². The van der Waals surface area contributed by atoms with Crippen LogP contribution >= 0.6 is 22.9 Å². The Labute approximate surface area is 254 Å². The van der Waals surface area contributed by atoms with Crippen LogP contribution in [0.3, 0.4) is 0 Å². The van der Waals surface area contributed by atoms with Crippen molar-refractivity contribution in [3.63, 3.8) is 0 Å². The molecule has 0 radical (unpaired) electrons. The number of likely N-dealkylation sites (N-methyl/N-ethyl adjacent to an activating group) is 1. The molecule has 0 saturated carbocycles. The minimum atomic E-state index is -0.265. The van der Waals surface area contributed by atoms with E-state index in [0.717, 1.165) is 89.7 Å². The van der Waals surface area contributed by atoms with Gasteiger partial charge in [0.05, 0.1) is 22.1 Å². The topological polar surface area (TPSA) is 104 Å². The molecule has 0 unspecified atom stereocenters. The minimum absolute atomic E-state index is 0.245. The fourth-order valence-electron chi connectivity index (χ4n) is 5.75. The number of halogens is 1. The number of benzene rings is 2. The van der Waals surface area contributed by atoms with Crippen LogP contribution in [-0.4, -0.2) is 51.4 Å². The number of hydrogen-bond donors (Lipinski definition) is 3. The summed E-state index contributed by atoms with van der Waals surface area (Å²) in [5.74, 6) is -0.112. The molecule has 0 spiro atoms. The zero-order chi connectivity index (χ0) is 29.4. The molecule has 0 saturated heterocycles. The van der Waals surface area contributed by atoms with Gasteiger partial charge >= 0.3 is 0 Å². The molecule has 2 aliphatic heterocycles. The van der Waals surface area contributed by atoms with E-state index in [1.807, 2.05) is 41.9 Å². The minimum Gasteiger partial charge on any atom is -0.327 e. The second-order valence-corrected chi connectivity index (χ2v) is 12.3. The van der Waals surface area contributed by atoms with E-state index < -0.39 is 0 Å². The highest BCUT2D eigenvalue weighted by Gasteiger charge is 2.25. The number of amides is 2. The average molecular weight is 604 g/mol. The van der Waals surface area contributed by atoms with Crippen LogP contribution in [-0.2, 0) is 39.4 Å². The second-order valence-electron chi connectivity index (χ2n) is 10.8. The molecule has 4 aromatic rings. The Morgan fingerprint density at radius 1 is 1.00 bits per heavy atom. The predicted octanol–water partition coefficient (Wildman–Crippen LogP) is 5.29. The number of nitrogens with zero attached hydrogens (tertiary/aromatic N) is 4. The van der Waals surface area contributed by atoms with Crippen molar-refractivity contribution in [2.75, 3.05) is 30.8 Å². The standard InChI is InChI=1S/C31H34ClN7O2S/c1-4-7-19-18(8-5-10-21(19)35-29(40)28-34-24-16-33-14-12-25(24)39(28)3)20-9-6-11-23(27(20)32)36-30(41)31-37-22-13-15-38(2)17-26(22)42-31/h5-6,8-11,33H,4,7,12-17H2,1-3H3,(H,35,40)(H,36,41). The van der Waals surface area contributed by atoms with Crippen molar-refractivity contribution in [2.24, 2.45) is 7.05 Å². The number of anilines is 2. The van der Waals surface area contributed by atoms with Crippen molar-refractivity contribution >= 4 is 46.1 Å². The molecule has 4 heterocycles. The Morgan fingerprint density at radius 3 is 2.55 bits per heavy atom. The summed E-state index contributed by atoms with van der Waals surface area (Å²) >= 11 is 8.39. The Kier molecular flexibility index (Phi) is 8.13. The van der Waals surface area contributed by atoms with Gasteiger partial charge in [0.25, 0.3) is 11.8 Å². The van der Waals surface area contributed by atoms with Crippen LogP contribution in [0.5, 0.6) is 0 Å². The Bertz CT molecular complexity index is 1680. The lowest BCUT2D eigenvalue weighted by molar-refractivity contribution is 0.101. The zero-order valence-corrected chi connectivity index (χ0v) is 25.6. The van der Waals surface area contributed by atoms with Gasteiger partial charge in [0, 0.05) is 67.9 Å². The number of hydrogen-bond acceptors (Lipinski definition) is 7. The predicted molar refractivity (Wildman–Crippen MR) is 168 cm³/mol. The number of aromatic nitrogens is 3. The summed E-state index contributed by atoms with van der Waals surface area (Å²) < 4.78 is 1.90. The summed E-state index contributed by atoms with van der Waals surface area (Å²) in [7, 11) is 3.97. The maximum atomic E-state index is 13.4. The largest absolute Gasteiger partial charge is 0.327 e. The molecule has 2 aromatic heterocycles. The van der Waals surface area contributed by atoms with Gasteiger partial charge in [0.15, 0.2) is 10.8 Å². The molecule has 0 fully saturated rings. The van der Waals surface area contributed by atoms with Crippen LogP contribution in [0.2, 0.25) is 5.02 Å². The third-order valence-corrected chi connectivity index (χ3v) is 9.40. The number of carbonyl (C=O) groups excluding carboxylic acids is 2. The molecule has 2 amide bonds. The highest BCUT2D eigenvalue weighted by Crippen LogP contribution is 2.39. The first-order valence-corrected chi connectivity index (χ1v) is 15.5. The van der Waals surface area contributed by atoms with Crippen molar-refractivity contribution in [2.45, 2.75) is 45.7 Å². The van der Waals surface area contributed by atoms with E-state index in [1.165, 1.54) is 11.3 Å². The van der Waals surface area contributed by atoms with Crippen LogP contribution in [0.25, 0.3) is 11.1 Å². The molecule has 9 nitrogen and oxygen atoms in total. The van der Waals surface area contributed by atoms with E-state index in [2.05, 4.69) is 44.8 Å². The highest BCUT2D eigenvalue weighted by atomic mass is 35.5. The molecule has 42 heavy (non-hydrogen) atoms. The van der Waals surface area contributed by atoms with Crippen molar-refractivity contribution in [1.29, 1.82) is 0 Å². The quantitative estimate of drug-likeness (QED) is 0.265. The number of imidazole rings is 1. The lowest BCUT2D eigenvalue weighted by Gasteiger charge is -2.20. The normalized spacial score (nSPS) is 14.8. The molecule has 3 N–H and O–H groups in total. The molecule has 0 aliphatic carbocycles. The van der Waals surface area contributed by atoms with Gasteiger partial charge in [-0.15, -0.1) is 11.3 Å². The monoisotopic (exact) mass is 603 g/mol. The zero-order valence-electron chi connectivity index (χ0n) is 24.0. The number of nitrogens with one attached hydrogen (secondary N) is 3. The summed E-state index contributed by atoms with van der Waals surface area (Å²) in [4.78, 5) is 39.2. The van der Waals surface area contributed by atoms with Gasteiger partial charge in [-0.2, -0.15) is 0 Å². The summed E-state index contributed by atoms with van der Waals surface area (Å²) in [5.41, 5.74) is 6.95. The lowest BCUT2D eigenvalue weighted by Crippen LogP contribution is -2.25. The van der Waals surface area contributed by atoms with Crippen molar-refractivity contribution < 1.29 is 9.59 Å². The van der Waals surface area contributed by atoms with Gasteiger partial charge in [0.1, 0.15) is 0 Å². The first-order valence-electron chi connectivity index (χ1n) is 14.3. The number of carbonyl (C=O) groups is 2. The molecular weight excluding hydrogens is 570 g/mol. The molecule has 2 aliphatic rings. The molecule has 6 rings (SSSR count). The SMILES string of the molecule is CCCc1c(NC(=O)c2nc3c(n2C)CCNC3)cccc1-c1cccc(NC(=O)c2nc3c(s2)CN(C)CC3)c1Cl. The van der Waals surface area contributed by atoms with E-state index >= 15 is 0 Å². The van der Waals surface area contributed by atoms with Gasteiger partial charge in [-0.1, -0.05) is 49.2 Å². The highest BCUT2D eigenvalue weighted by molar-refractivity contribution is 7.13. The van der Waals surface area contributed by atoms with E-state index in [-0.39, 0.29) is 11.8 Å². The Hall–Kier alpha value is -3.57. The first kappa shape index (κ1) is 28.5. The molecular formula is C31H34ClN7O2S. The summed E-state index contributed by atoms with van der Waals surface area (Å²) in [5, 5.41) is 10.3. The molecule has 0 bridgehead atoms. The van der Waals surface area contributed by atoms with Crippen molar-refractivity contribution in [3.05, 3.63) is 79.8 Å². The number of rotatable bonds is 7. The summed E-state index contributed by atoms with van der Waals surface area (Å²) in [6.45, 7) is 5.39. The van der Waals surface area contributed by atoms with Crippen LogP contribution in [0.15, 0.2) is 36.4 Å². The summed E-state index contributed by atoms with van der Waals surface area (Å²) in [6.07, 6.45) is 3.30. The Balaban J connectivity index is 1.28. The molecule has 2 aromatic carbocycles. The van der Waals surface area contributed by atoms with Gasteiger partial charge in [-0.3, -0.25) is 9.59 Å². The smallest absolute Gasteiger partial charge is 0.291 e. The fraction of sp³-hybridized carbons (Fsp3) is 0.355. The molecule has 0 atom stereocenters. The van der Waals surface area contributed by atoms with Crippen LogP contribution in [0.4, 0.5) is 11.4 Å². The van der Waals surface area contributed by atoms with Gasteiger partial charge < -0.3 is 25.4 Å². The van der Waals surface area contributed by atoms with Crippen molar-refractivity contribution in [3.8, 4) is 11.1 Å². The van der Waals surface area contributed by atoms with Crippen LogP contribution in [0.1, 0.15) is 61.3 Å².